The largest absolute Gasteiger partial charge is 0.486 e. The summed E-state index contributed by atoms with van der Waals surface area (Å²) < 4.78 is 7.99. The van der Waals surface area contributed by atoms with E-state index >= 15 is 0 Å². The Morgan fingerprint density at radius 1 is 0.938 bits per heavy atom. The predicted molar refractivity (Wildman–Crippen MR) is 129 cm³/mol. The van der Waals surface area contributed by atoms with Gasteiger partial charge in [0.15, 0.2) is 0 Å². The second kappa shape index (κ2) is 8.87. The highest BCUT2D eigenvalue weighted by Crippen LogP contribution is 2.25. The molecule has 0 bridgehead atoms. The minimum atomic E-state index is -0.0184. The SMILES string of the molecule is CN(C(=O)Cn1c(COc2ccc(C(C)(C)C)cc2)nc2ccccc21)c1ccccc1. The Morgan fingerprint density at radius 2 is 1.59 bits per heavy atom. The number of fused-ring (bicyclic) bond motifs is 1. The van der Waals surface area contributed by atoms with Gasteiger partial charge in [-0.25, -0.2) is 4.98 Å². The fourth-order valence-electron chi connectivity index (χ4n) is 3.65. The zero-order chi connectivity index (χ0) is 22.7. The van der Waals surface area contributed by atoms with Crippen molar-refractivity contribution in [1.29, 1.82) is 0 Å². The number of ether oxygens (including phenoxy) is 1. The van der Waals surface area contributed by atoms with E-state index in [4.69, 9.17) is 9.72 Å². The number of carbonyl (C=O) groups excluding carboxylic acids is 1. The molecule has 0 atom stereocenters. The minimum Gasteiger partial charge on any atom is -0.486 e. The Hall–Kier alpha value is -3.60. The first-order chi connectivity index (χ1) is 15.3. The molecule has 5 nitrogen and oxygen atoms in total. The molecule has 3 aromatic carbocycles. The molecule has 164 valence electrons. The first kappa shape index (κ1) is 21.6. The lowest BCUT2D eigenvalue weighted by Crippen LogP contribution is -2.30. The first-order valence-electron chi connectivity index (χ1n) is 10.8. The maximum Gasteiger partial charge on any atom is 0.246 e. The van der Waals surface area contributed by atoms with Crippen LogP contribution >= 0.6 is 0 Å². The summed E-state index contributed by atoms with van der Waals surface area (Å²) in [6, 6.07) is 25.7. The van der Waals surface area contributed by atoms with Gasteiger partial charge in [0.2, 0.25) is 5.91 Å². The number of aromatic nitrogens is 2. The molecule has 1 heterocycles. The third-order valence-electron chi connectivity index (χ3n) is 5.63. The molecular weight excluding hydrogens is 398 g/mol. The van der Waals surface area contributed by atoms with Gasteiger partial charge in [0.1, 0.15) is 24.7 Å². The average Bonchev–Trinajstić information content (AvgIpc) is 3.14. The highest BCUT2D eigenvalue weighted by Gasteiger charge is 2.18. The van der Waals surface area contributed by atoms with Gasteiger partial charge in [-0.1, -0.05) is 63.2 Å². The smallest absolute Gasteiger partial charge is 0.246 e. The van der Waals surface area contributed by atoms with Crippen LogP contribution in [0.5, 0.6) is 5.75 Å². The fraction of sp³-hybridized carbons (Fsp3) is 0.259. The van der Waals surface area contributed by atoms with E-state index in [0.717, 1.165) is 28.3 Å². The van der Waals surface area contributed by atoms with Gasteiger partial charge in [0.05, 0.1) is 11.0 Å². The molecule has 5 heteroatoms. The molecule has 0 saturated heterocycles. The van der Waals surface area contributed by atoms with E-state index in [-0.39, 0.29) is 24.5 Å². The zero-order valence-electron chi connectivity index (χ0n) is 19.1. The summed E-state index contributed by atoms with van der Waals surface area (Å²) in [5, 5.41) is 0. The molecule has 1 aromatic heterocycles. The minimum absolute atomic E-state index is 0.0184. The van der Waals surface area contributed by atoms with Gasteiger partial charge in [-0.05, 0) is 47.4 Å². The van der Waals surface area contributed by atoms with Crippen molar-refractivity contribution in [3.8, 4) is 5.75 Å². The lowest BCUT2D eigenvalue weighted by Gasteiger charge is -2.19. The number of anilines is 1. The molecule has 0 N–H and O–H groups in total. The van der Waals surface area contributed by atoms with E-state index in [1.807, 2.05) is 71.3 Å². The lowest BCUT2D eigenvalue weighted by molar-refractivity contribution is -0.118. The molecule has 0 unspecified atom stereocenters. The van der Waals surface area contributed by atoms with Crippen molar-refractivity contribution in [2.45, 2.75) is 39.3 Å². The second-order valence-electron chi connectivity index (χ2n) is 8.95. The number of rotatable bonds is 6. The van der Waals surface area contributed by atoms with Crippen molar-refractivity contribution >= 4 is 22.6 Å². The molecule has 0 spiro atoms. The number of nitrogens with zero attached hydrogens (tertiary/aromatic N) is 3. The zero-order valence-corrected chi connectivity index (χ0v) is 19.1. The molecule has 0 aliphatic rings. The normalized spacial score (nSPS) is 11.5. The second-order valence-corrected chi connectivity index (χ2v) is 8.95. The van der Waals surface area contributed by atoms with Crippen molar-refractivity contribution < 1.29 is 9.53 Å². The molecule has 0 aliphatic carbocycles. The standard InChI is InChI=1S/C27H29N3O2/c1-27(2,3)20-14-16-22(17-15-20)32-19-25-28-23-12-8-9-13-24(23)30(25)18-26(31)29(4)21-10-6-5-7-11-21/h5-17H,18-19H2,1-4H3. The Labute approximate surface area is 189 Å². The lowest BCUT2D eigenvalue weighted by atomic mass is 9.87. The molecule has 0 aliphatic heterocycles. The van der Waals surface area contributed by atoms with Crippen molar-refractivity contribution in [3.63, 3.8) is 0 Å². The monoisotopic (exact) mass is 427 g/mol. The van der Waals surface area contributed by atoms with E-state index in [1.165, 1.54) is 5.56 Å². The number of imidazole rings is 1. The number of likely N-dealkylation sites (N-methyl/N-ethyl adjacent to an activating group) is 1. The number of amides is 1. The number of para-hydroxylation sites is 3. The number of hydrogen-bond donors (Lipinski definition) is 0. The third-order valence-corrected chi connectivity index (χ3v) is 5.63. The summed E-state index contributed by atoms with van der Waals surface area (Å²) in [7, 11) is 1.80. The molecule has 0 radical (unpaired) electrons. The van der Waals surface area contributed by atoms with Crippen molar-refractivity contribution in [2.24, 2.45) is 0 Å². The van der Waals surface area contributed by atoms with Crippen LogP contribution in [0, 0.1) is 0 Å². The van der Waals surface area contributed by atoms with Crippen LogP contribution < -0.4 is 9.64 Å². The van der Waals surface area contributed by atoms with Gasteiger partial charge in [0, 0.05) is 12.7 Å². The summed E-state index contributed by atoms with van der Waals surface area (Å²) in [4.78, 5) is 19.5. The molecular formula is C27H29N3O2. The van der Waals surface area contributed by atoms with Crippen LogP contribution in [0.25, 0.3) is 11.0 Å². The fourth-order valence-corrected chi connectivity index (χ4v) is 3.65. The van der Waals surface area contributed by atoms with Crippen molar-refractivity contribution in [1.82, 2.24) is 9.55 Å². The van der Waals surface area contributed by atoms with E-state index in [1.54, 1.807) is 11.9 Å². The van der Waals surface area contributed by atoms with E-state index in [9.17, 15) is 4.79 Å². The molecule has 0 saturated carbocycles. The Bertz CT molecular complexity index is 1210. The van der Waals surface area contributed by atoms with Gasteiger partial charge >= 0.3 is 0 Å². The van der Waals surface area contributed by atoms with Crippen LogP contribution in [0.1, 0.15) is 32.2 Å². The van der Waals surface area contributed by atoms with Crippen LogP contribution in [0.15, 0.2) is 78.9 Å². The van der Waals surface area contributed by atoms with Crippen LogP contribution in [0.2, 0.25) is 0 Å². The van der Waals surface area contributed by atoms with Gasteiger partial charge in [-0.15, -0.1) is 0 Å². The van der Waals surface area contributed by atoms with Crippen LogP contribution in [-0.2, 0) is 23.4 Å². The van der Waals surface area contributed by atoms with Crippen LogP contribution in [0.4, 0.5) is 5.69 Å². The predicted octanol–water partition coefficient (Wildman–Crippen LogP) is 5.58. The molecule has 1 amide bonds. The number of benzene rings is 3. The highest BCUT2D eigenvalue weighted by atomic mass is 16.5. The van der Waals surface area contributed by atoms with Crippen molar-refractivity contribution in [2.75, 3.05) is 11.9 Å². The van der Waals surface area contributed by atoms with Crippen LogP contribution in [0.3, 0.4) is 0 Å². The average molecular weight is 428 g/mol. The maximum atomic E-state index is 13.0. The summed E-state index contributed by atoms with van der Waals surface area (Å²) in [6.07, 6.45) is 0. The summed E-state index contributed by atoms with van der Waals surface area (Å²) in [5.74, 6) is 1.49. The van der Waals surface area contributed by atoms with Gasteiger partial charge < -0.3 is 14.2 Å². The topological polar surface area (TPSA) is 47.4 Å². The Morgan fingerprint density at radius 3 is 2.28 bits per heavy atom. The summed E-state index contributed by atoms with van der Waals surface area (Å²) >= 11 is 0. The Balaban J connectivity index is 1.56. The van der Waals surface area contributed by atoms with Crippen molar-refractivity contribution in [3.05, 3.63) is 90.3 Å². The number of hydrogen-bond acceptors (Lipinski definition) is 3. The summed E-state index contributed by atoms with van der Waals surface area (Å²) in [5.41, 5.74) is 3.98. The Kier molecular flexibility index (Phi) is 5.99. The highest BCUT2D eigenvalue weighted by molar-refractivity contribution is 5.93. The summed E-state index contributed by atoms with van der Waals surface area (Å²) in [6.45, 7) is 7.04. The maximum absolute atomic E-state index is 13.0. The number of carbonyl (C=O) groups is 1. The van der Waals surface area contributed by atoms with E-state index in [0.29, 0.717) is 0 Å². The van der Waals surface area contributed by atoms with E-state index in [2.05, 4.69) is 32.9 Å². The van der Waals surface area contributed by atoms with Gasteiger partial charge in [0.25, 0.3) is 0 Å². The van der Waals surface area contributed by atoms with Gasteiger partial charge in [-0.2, -0.15) is 0 Å². The third kappa shape index (κ3) is 4.67. The van der Waals surface area contributed by atoms with E-state index < -0.39 is 0 Å². The van der Waals surface area contributed by atoms with Gasteiger partial charge in [-0.3, -0.25) is 4.79 Å². The quantitative estimate of drug-likeness (QED) is 0.404. The molecule has 4 rings (SSSR count). The van der Waals surface area contributed by atoms with Crippen LogP contribution in [-0.4, -0.2) is 22.5 Å². The first-order valence-corrected chi connectivity index (χ1v) is 10.8. The molecule has 32 heavy (non-hydrogen) atoms. The molecule has 4 aromatic rings. The molecule has 0 fully saturated rings.